The highest BCUT2D eigenvalue weighted by Crippen LogP contribution is 2.28. The molecule has 0 radical (unpaired) electrons. The molecule has 1 N–H and O–H groups in total. The molecule has 0 atom stereocenters. The van der Waals surface area contributed by atoms with Crippen LogP contribution in [-0.4, -0.2) is 13.0 Å². The van der Waals surface area contributed by atoms with Gasteiger partial charge in [-0.3, -0.25) is 4.79 Å². The highest BCUT2D eigenvalue weighted by atomic mass is 19.1. The van der Waals surface area contributed by atoms with Crippen molar-refractivity contribution in [2.24, 2.45) is 0 Å². The Bertz CT molecular complexity index is 931. The van der Waals surface area contributed by atoms with Crippen LogP contribution in [0.2, 0.25) is 0 Å². The van der Waals surface area contributed by atoms with Crippen LogP contribution in [0, 0.1) is 18.6 Å². The van der Waals surface area contributed by atoms with Crippen molar-refractivity contribution >= 4 is 11.6 Å². The Morgan fingerprint density at radius 1 is 1.11 bits per heavy atom. The summed E-state index contributed by atoms with van der Waals surface area (Å²) in [5.41, 5.74) is 1.52. The fourth-order valence-corrected chi connectivity index (χ4v) is 2.66. The second-order valence-electron chi connectivity index (χ2n) is 5.74. The lowest BCUT2D eigenvalue weighted by Gasteiger charge is -2.08. The van der Waals surface area contributed by atoms with E-state index in [0.29, 0.717) is 17.2 Å². The van der Waals surface area contributed by atoms with E-state index in [2.05, 4.69) is 10.2 Å². The molecule has 1 aromatic heterocycles. The van der Waals surface area contributed by atoms with Gasteiger partial charge in [0.2, 0.25) is 0 Å². The maximum Gasteiger partial charge on any atom is 0.261 e. The van der Waals surface area contributed by atoms with Crippen LogP contribution in [0.25, 0.3) is 11.1 Å². The third-order valence-electron chi connectivity index (χ3n) is 3.93. The molecule has 5 nitrogen and oxygen atoms in total. The second-order valence-corrected chi connectivity index (χ2v) is 5.74. The molecule has 0 aliphatic heterocycles. The summed E-state index contributed by atoms with van der Waals surface area (Å²) in [6.07, 6.45) is 0. The zero-order chi connectivity index (χ0) is 19.4. The lowest BCUT2D eigenvalue weighted by molar-refractivity contribution is -0.284. The quantitative estimate of drug-likeness (QED) is 0.495. The molecule has 3 aromatic rings. The Morgan fingerprint density at radius 2 is 1.78 bits per heavy atom. The Balaban J connectivity index is 1.76. The molecule has 0 unspecified atom stereocenters. The zero-order valence-corrected chi connectivity index (χ0v) is 14.7. The van der Waals surface area contributed by atoms with Crippen LogP contribution in [0.3, 0.4) is 0 Å². The molecule has 0 aliphatic rings. The maximum absolute atomic E-state index is 13.7. The molecule has 2 aromatic carbocycles. The van der Waals surface area contributed by atoms with E-state index in [1.165, 1.54) is 13.2 Å². The van der Waals surface area contributed by atoms with Crippen molar-refractivity contribution in [3.8, 4) is 11.1 Å². The van der Waals surface area contributed by atoms with Crippen LogP contribution in [-0.2, 0) is 16.4 Å². The summed E-state index contributed by atoms with van der Waals surface area (Å²) in [7, 11) is 1.41. The van der Waals surface area contributed by atoms with Gasteiger partial charge >= 0.3 is 0 Å². The molecule has 27 heavy (non-hydrogen) atoms. The minimum absolute atomic E-state index is 0.180. The van der Waals surface area contributed by atoms with E-state index >= 15 is 0 Å². The fourth-order valence-electron chi connectivity index (χ4n) is 2.66. The number of rotatable bonds is 6. The minimum Gasteiger partial charge on any atom is -0.463 e. The van der Waals surface area contributed by atoms with E-state index in [-0.39, 0.29) is 6.61 Å². The monoisotopic (exact) mass is 373 g/mol. The van der Waals surface area contributed by atoms with Crippen molar-refractivity contribution in [3.63, 3.8) is 0 Å². The highest BCUT2D eigenvalue weighted by molar-refractivity contribution is 6.04. The van der Waals surface area contributed by atoms with Crippen LogP contribution in [0.15, 0.2) is 52.9 Å². The zero-order valence-electron chi connectivity index (χ0n) is 14.7. The van der Waals surface area contributed by atoms with Crippen molar-refractivity contribution in [2.45, 2.75) is 13.5 Å². The van der Waals surface area contributed by atoms with Crippen molar-refractivity contribution < 1.29 is 27.8 Å². The maximum atomic E-state index is 13.7. The van der Waals surface area contributed by atoms with E-state index in [1.54, 1.807) is 24.3 Å². The van der Waals surface area contributed by atoms with Crippen LogP contribution in [0.5, 0.6) is 0 Å². The van der Waals surface area contributed by atoms with Gasteiger partial charge in [-0.1, -0.05) is 18.2 Å². The average Bonchev–Trinajstić information content (AvgIpc) is 3.01. The third kappa shape index (κ3) is 4.21. The first kappa shape index (κ1) is 18.8. The number of aryl methyl sites for hydroxylation is 1. The van der Waals surface area contributed by atoms with Crippen molar-refractivity contribution in [3.05, 3.63) is 77.2 Å². The number of nitrogens with one attached hydrogen (secondary N) is 1. The molecule has 3 rings (SSSR count). The van der Waals surface area contributed by atoms with Crippen LogP contribution < -0.4 is 5.32 Å². The first-order chi connectivity index (χ1) is 13.0. The Morgan fingerprint density at radius 3 is 2.41 bits per heavy atom. The average molecular weight is 373 g/mol. The van der Waals surface area contributed by atoms with E-state index < -0.39 is 23.1 Å². The molecule has 0 fully saturated rings. The summed E-state index contributed by atoms with van der Waals surface area (Å²) < 4.78 is 33.0. The lowest BCUT2D eigenvalue weighted by atomic mass is 10.1. The summed E-state index contributed by atoms with van der Waals surface area (Å²) in [5, 5.41) is 2.49. The Kier molecular flexibility index (Phi) is 5.63. The first-order valence-electron chi connectivity index (χ1n) is 8.10. The van der Waals surface area contributed by atoms with Crippen LogP contribution in [0.4, 0.5) is 14.5 Å². The molecule has 0 aliphatic carbocycles. The normalized spacial score (nSPS) is 10.8. The summed E-state index contributed by atoms with van der Waals surface area (Å²) in [5.74, 6) is -1.36. The lowest BCUT2D eigenvalue weighted by Crippen LogP contribution is -2.15. The van der Waals surface area contributed by atoms with Gasteiger partial charge in [-0.05, 0) is 42.8 Å². The molecule has 0 spiro atoms. The van der Waals surface area contributed by atoms with Gasteiger partial charge in [0.25, 0.3) is 5.91 Å². The van der Waals surface area contributed by atoms with Gasteiger partial charge in [-0.15, -0.1) is 0 Å². The second kappa shape index (κ2) is 8.11. The van der Waals surface area contributed by atoms with E-state index in [4.69, 9.17) is 9.30 Å². The number of hydrogen-bond donors (Lipinski definition) is 1. The smallest absolute Gasteiger partial charge is 0.261 e. The molecule has 0 saturated carbocycles. The summed E-state index contributed by atoms with van der Waals surface area (Å²) in [6, 6.07) is 11.9. The molecule has 1 amide bonds. The van der Waals surface area contributed by atoms with Crippen molar-refractivity contribution in [1.82, 2.24) is 0 Å². The topological polar surface area (TPSA) is 60.7 Å². The number of halogens is 2. The van der Waals surface area contributed by atoms with Gasteiger partial charge < -0.3 is 9.73 Å². The number of carbonyl (C=O) groups excluding carboxylic acids is 1. The van der Waals surface area contributed by atoms with Crippen LogP contribution >= 0.6 is 0 Å². The predicted octanol–water partition coefficient (Wildman–Crippen LogP) is 4.86. The Labute approximate surface area is 154 Å². The fraction of sp³-hybridized carbons (Fsp3) is 0.150. The van der Waals surface area contributed by atoms with Gasteiger partial charge in [0.05, 0.1) is 7.11 Å². The van der Waals surface area contributed by atoms with Crippen LogP contribution in [0.1, 0.15) is 21.9 Å². The molecule has 7 heteroatoms. The summed E-state index contributed by atoms with van der Waals surface area (Å²) in [4.78, 5) is 21.5. The van der Waals surface area contributed by atoms with Gasteiger partial charge in [-0.2, -0.15) is 0 Å². The Hall–Kier alpha value is -3.03. The molecule has 140 valence electrons. The van der Waals surface area contributed by atoms with Gasteiger partial charge in [-0.25, -0.2) is 18.6 Å². The minimum atomic E-state index is -0.913. The van der Waals surface area contributed by atoms with Gasteiger partial charge in [0.15, 0.2) is 0 Å². The van der Waals surface area contributed by atoms with Gasteiger partial charge in [0, 0.05) is 11.3 Å². The number of benzene rings is 2. The highest BCUT2D eigenvalue weighted by Gasteiger charge is 2.17. The van der Waals surface area contributed by atoms with E-state index in [9.17, 15) is 13.6 Å². The van der Waals surface area contributed by atoms with Crippen molar-refractivity contribution in [1.29, 1.82) is 0 Å². The third-order valence-corrected chi connectivity index (χ3v) is 3.93. The summed E-state index contributed by atoms with van der Waals surface area (Å²) >= 11 is 0. The van der Waals surface area contributed by atoms with E-state index in [1.807, 2.05) is 13.0 Å². The number of carbonyl (C=O) groups is 1. The standard InChI is InChI=1S/C20H17F2NO4/c1-12-16(10-15(27-12)11-26-25-2)13-6-8-14(9-7-13)23-20(24)19-17(21)4-3-5-18(19)22/h3-10H,11H2,1-2H3,(H,23,24). The number of hydrogen-bond acceptors (Lipinski definition) is 4. The first-order valence-corrected chi connectivity index (χ1v) is 8.10. The molecule has 0 bridgehead atoms. The largest absolute Gasteiger partial charge is 0.463 e. The SMILES string of the molecule is COOCc1cc(-c2ccc(NC(=O)c3c(F)cccc3F)cc2)c(C)o1. The predicted molar refractivity (Wildman–Crippen MR) is 95.0 cm³/mol. The van der Waals surface area contributed by atoms with Crippen molar-refractivity contribution in [2.75, 3.05) is 12.4 Å². The molecular weight excluding hydrogens is 356 g/mol. The summed E-state index contributed by atoms with van der Waals surface area (Å²) in [6.45, 7) is 2.00. The molecule has 0 saturated heterocycles. The van der Waals surface area contributed by atoms with E-state index in [0.717, 1.165) is 23.3 Å². The number of anilines is 1. The molecular formula is C20H17F2NO4. The van der Waals surface area contributed by atoms with Gasteiger partial charge in [0.1, 0.15) is 35.3 Å². The number of amides is 1. The number of furan rings is 1. The molecule has 1 heterocycles.